The van der Waals surface area contributed by atoms with Gasteiger partial charge in [0.1, 0.15) is 5.54 Å². The van der Waals surface area contributed by atoms with Crippen molar-refractivity contribution in [3.8, 4) is 0 Å². The maximum absolute atomic E-state index is 11.6. The third-order valence-corrected chi connectivity index (χ3v) is 3.59. The Kier molecular flexibility index (Phi) is 3.68. The molecule has 1 saturated heterocycles. The monoisotopic (exact) mass is 282 g/mol. The highest BCUT2D eigenvalue weighted by Gasteiger charge is 2.54. The molecule has 9 nitrogen and oxygen atoms in total. The van der Waals surface area contributed by atoms with Crippen LogP contribution >= 0.6 is 0 Å². The van der Waals surface area contributed by atoms with E-state index in [0.29, 0.717) is 0 Å². The number of esters is 2. The lowest BCUT2D eigenvalue weighted by Gasteiger charge is -2.34. The molecule has 0 aliphatic carbocycles. The second kappa shape index (κ2) is 4.46. The van der Waals surface area contributed by atoms with Gasteiger partial charge >= 0.3 is 27.2 Å². The summed E-state index contributed by atoms with van der Waals surface area (Å²) in [6.45, 7) is 0.318. The maximum atomic E-state index is 11.6. The van der Waals surface area contributed by atoms with Gasteiger partial charge in [-0.2, -0.15) is 8.42 Å². The van der Waals surface area contributed by atoms with Crippen LogP contribution in [0.3, 0.4) is 0 Å². The van der Waals surface area contributed by atoms with E-state index in [1.54, 1.807) is 0 Å². The Morgan fingerprint density at radius 3 is 2.39 bits per heavy atom. The quantitative estimate of drug-likeness (QED) is 0.387. The van der Waals surface area contributed by atoms with Gasteiger partial charge in [0.15, 0.2) is 0 Å². The van der Waals surface area contributed by atoms with E-state index < -0.39 is 39.3 Å². The highest BCUT2D eigenvalue weighted by molar-refractivity contribution is 7.87. The van der Waals surface area contributed by atoms with Crippen LogP contribution in [0.4, 0.5) is 0 Å². The van der Waals surface area contributed by atoms with Crippen molar-refractivity contribution >= 4 is 22.1 Å². The molecular formula is C8H14N2O7S. The number of hydrogen-bond donors (Lipinski definition) is 3. The molecule has 1 unspecified atom stereocenters. The zero-order valence-electron chi connectivity index (χ0n) is 9.58. The van der Waals surface area contributed by atoms with Crippen LogP contribution < -0.4 is 11.5 Å². The van der Waals surface area contributed by atoms with Crippen LogP contribution in [-0.4, -0.2) is 42.1 Å². The molecule has 2 atom stereocenters. The Morgan fingerprint density at radius 1 is 1.39 bits per heavy atom. The van der Waals surface area contributed by atoms with Crippen molar-refractivity contribution in [2.75, 3.05) is 6.54 Å². The Hall–Kier alpha value is -1.23. The van der Waals surface area contributed by atoms with Gasteiger partial charge in [-0.15, -0.1) is 0 Å². The Balaban J connectivity index is 3.26. The molecule has 1 rings (SSSR count). The molecule has 0 radical (unpaired) electrons. The number of rotatable bonds is 2. The minimum Gasteiger partial charge on any atom is -0.406 e. The standard InChI is InChI=1S/C8H14N2O7S/c1-7(10)3-2-5(11)16-8(4-9,17-6(7)12)18(13,14)15/h2-4,9-10H2,1H3,(H,13,14,15)/t7-,8?/m1/s1. The van der Waals surface area contributed by atoms with E-state index in [4.69, 9.17) is 16.0 Å². The van der Waals surface area contributed by atoms with Gasteiger partial charge in [0, 0.05) is 6.42 Å². The molecule has 0 aromatic rings. The molecule has 0 bridgehead atoms. The van der Waals surface area contributed by atoms with E-state index in [2.05, 4.69) is 9.47 Å². The molecule has 0 aromatic carbocycles. The second-order valence-electron chi connectivity index (χ2n) is 4.14. The van der Waals surface area contributed by atoms with Gasteiger partial charge in [-0.3, -0.25) is 9.35 Å². The number of hydrogen-bond acceptors (Lipinski definition) is 8. The molecule has 5 N–H and O–H groups in total. The third-order valence-electron chi connectivity index (χ3n) is 2.48. The van der Waals surface area contributed by atoms with E-state index in [-0.39, 0.29) is 12.8 Å². The Bertz CT molecular complexity index is 472. The number of nitrogens with two attached hydrogens (primary N) is 2. The van der Waals surface area contributed by atoms with Crippen LogP contribution in [0.5, 0.6) is 0 Å². The van der Waals surface area contributed by atoms with Crippen molar-refractivity contribution in [3.05, 3.63) is 0 Å². The minimum absolute atomic E-state index is 0.0865. The van der Waals surface area contributed by atoms with Crippen LogP contribution in [0.15, 0.2) is 0 Å². The highest BCUT2D eigenvalue weighted by Crippen LogP contribution is 2.27. The number of carbonyl (C=O) groups excluding carboxylic acids is 2. The van der Waals surface area contributed by atoms with Gasteiger partial charge < -0.3 is 20.9 Å². The van der Waals surface area contributed by atoms with Gasteiger partial charge in [-0.25, -0.2) is 4.79 Å². The minimum atomic E-state index is -5.06. The van der Waals surface area contributed by atoms with Crippen molar-refractivity contribution < 1.29 is 32.0 Å². The lowest BCUT2D eigenvalue weighted by atomic mass is 9.97. The van der Waals surface area contributed by atoms with Crippen molar-refractivity contribution in [3.63, 3.8) is 0 Å². The zero-order valence-corrected chi connectivity index (χ0v) is 10.4. The molecule has 0 amide bonds. The number of cyclic esters (lactones) is 2. The molecule has 18 heavy (non-hydrogen) atoms. The van der Waals surface area contributed by atoms with Crippen LogP contribution in [0, 0.1) is 0 Å². The fourth-order valence-corrected chi connectivity index (χ4v) is 1.85. The number of carbonyl (C=O) groups is 2. The van der Waals surface area contributed by atoms with Gasteiger partial charge in [-0.05, 0) is 13.3 Å². The Morgan fingerprint density at radius 2 is 1.94 bits per heavy atom. The van der Waals surface area contributed by atoms with E-state index in [9.17, 15) is 18.0 Å². The lowest BCUT2D eigenvalue weighted by Crippen LogP contribution is -2.59. The summed E-state index contributed by atoms with van der Waals surface area (Å²) in [6.07, 6.45) is -0.393. The van der Waals surface area contributed by atoms with Crippen LogP contribution in [0.25, 0.3) is 0 Å². The van der Waals surface area contributed by atoms with Crippen molar-refractivity contribution in [2.24, 2.45) is 11.5 Å². The molecule has 0 aromatic heterocycles. The van der Waals surface area contributed by atoms with Crippen LogP contribution in [0.2, 0.25) is 0 Å². The van der Waals surface area contributed by atoms with E-state index >= 15 is 0 Å². The fraction of sp³-hybridized carbons (Fsp3) is 0.750. The molecular weight excluding hydrogens is 268 g/mol. The molecule has 1 heterocycles. The first kappa shape index (κ1) is 14.8. The van der Waals surface area contributed by atoms with Crippen LogP contribution in [0.1, 0.15) is 19.8 Å². The normalized spacial score (nSPS) is 34.2. The topological polar surface area (TPSA) is 159 Å². The van der Waals surface area contributed by atoms with E-state index in [0.717, 1.165) is 0 Å². The summed E-state index contributed by atoms with van der Waals surface area (Å²) < 4.78 is 40.4. The Labute approximate surface area is 103 Å². The third kappa shape index (κ3) is 2.61. The molecule has 0 spiro atoms. The highest BCUT2D eigenvalue weighted by atomic mass is 32.2. The zero-order chi connectivity index (χ0) is 14.2. The summed E-state index contributed by atoms with van der Waals surface area (Å²) in [5.41, 5.74) is 9.12. The van der Waals surface area contributed by atoms with E-state index in [1.165, 1.54) is 6.92 Å². The summed E-state index contributed by atoms with van der Waals surface area (Å²) in [5.74, 6) is -2.14. The van der Waals surface area contributed by atoms with Gasteiger partial charge in [0.05, 0.1) is 6.54 Å². The second-order valence-corrected chi connectivity index (χ2v) is 5.72. The van der Waals surface area contributed by atoms with Crippen LogP contribution in [-0.2, 0) is 29.2 Å². The first-order valence-electron chi connectivity index (χ1n) is 4.95. The molecule has 1 fully saturated rings. The predicted octanol–water partition coefficient (Wildman–Crippen LogP) is -1.92. The lowest BCUT2D eigenvalue weighted by molar-refractivity contribution is -0.207. The van der Waals surface area contributed by atoms with Gasteiger partial charge in [-0.1, -0.05) is 0 Å². The first-order chi connectivity index (χ1) is 8.04. The summed E-state index contributed by atoms with van der Waals surface area (Å²) in [5, 5.41) is -2.94. The van der Waals surface area contributed by atoms with Crippen molar-refractivity contribution in [2.45, 2.75) is 30.4 Å². The molecule has 1 aliphatic rings. The van der Waals surface area contributed by atoms with Gasteiger partial charge in [0.2, 0.25) is 0 Å². The average molecular weight is 282 g/mol. The largest absolute Gasteiger partial charge is 0.406 e. The maximum Gasteiger partial charge on any atom is 0.398 e. The predicted molar refractivity (Wildman–Crippen MR) is 57.3 cm³/mol. The summed E-state index contributed by atoms with van der Waals surface area (Å²) in [6, 6.07) is 0. The summed E-state index contributed by atoms with van der Waals surface area (Å²) in [7, 11) is -5.06. The smallest absolute Gasteiger partial charge is 0.398 e. The molecule has 10 heteroatoms. The van der Waals surface area contributed by atoms with Gasteiger partial charge in [0.25, 0.3) is 0 Å². The number of ether oxygens (including phenoxy) is 2. The van der Waals surface area contributed by atoms with E-state index in [1.807, 2.05) is 0 Å². The van der Waals surface area contributed by atoms with Crippen molar-refractivity contribution in [1.82, 2.24) is 0 Å². The summed E-state index contributed by atoms with van der Waals surface area (Å²) >= 11 is 0. The van der Waals surface area contributed by atoms with Crippen molar-refractivity contribution in [1.29, 1.82) is 0 Å². The molecule has 0 saturated carbocycles. The summed E-state index contributed by atoms with van der Waals surface area (Å²) in [4.78, 5) is 23.0. The average Bonchev–Trinajstić information content (AvgIpc) is 2.22. The first-order valence-corrected chi connectivity index (χ1v) is 6.39. The SMILES string of the molecule is C[C@@]1(N)CCC(=O)OC(CN)(S(=O)(=O)O)OC1=O. The molecule has 1 aliphatic heterocycles. The molecule has 104 valence electrons. The fourth-order valence-electron chi connectivity index (χ4n) is 1.26.